The van der Waals surface area contributed by atoms with Crippen LogP contribution in [0.3, 0.4) is 0 Å². The number of aliphatic hydroxyl groups excluding tert-OH is 1. The topological polar surface area (TPSA) is 54.2 Å². The molecule has 5 nitrogen and oxygen atoms in total. The summed E-state index contributed by atoms with van der Waals surface area (Å²) in [5.41, 5.74) is 2.96. The van der Waals surface area contributed by atoms with Crippen molar-refractivity contribution in [3.63, 3.8) is 0 Å². The molecule has 1 saturated heterocycles. The number of imidazole rings is 1. The van der Waals surface area contributed by atoms with E-state index in [4.69, 9.17) is 6.42 Å². The van der Waals surface area contributed by atoms with E-state index < -0.39 is 6.10 Å². The minimum Gasteiger partial charge on any atom is -0.385 e. The van der Waals surface area contributed by atoms with E-state index in [1.807, 2.05) is 12.3 Å². The predicted molar refractivity (Wildman–Crippen MR) is 97.1 cm³/mol. The monoisotopic (exact) mass is 340 g/mol. The molecule has 1 aliphatic heterocycles. The molecule has 0 saturated carbocycles. The molecule has 6 heteroatoms. The first-order valence-corrected chi connectivity index (χ1v) is 9.15. The Balaban J connectivity index is 1.82. The zero-order valence-electron chi connectivity index (χ0n) is 13.6. The van der Waals surface area contributed by atoms with Crippen LogP contribution in [-0.2, 0) is 0 Å². The van der Waals surface area contributed by atoms with Crippen LogP contribution in [0.5, 0.6) is 0 Å². The molecule has 124 valence electrons. The summed E-state index contributed by atoms with van der Waals surface area (Å²) >= 11 is 1.68. The van der Waals surface area contributed by atoms with Crippen LogP contribution in [0.4, 0.5) is 0 Å². The van der Waals surface area contributed by atoms with Gasteiger partial charge in [0.15, 0.2) is 0 Å². The Bertz CT molecular complexity index is 920. The molecule has 4 rings (SSSR count). The zero-order valence-corrected chi connectivity index (χ0v) is 14.5. The quantitative estimate of drug-likeness (QED) is 0.742. The fourth-order valence-electron chi connectivity index (χ4n) is 3.61. The molecule has 0 bridgehead atoms. The minimum atomic E-state index is -0.604. The van der Waals surface area contributed by atoms with Crippen LogP contribution in [0.25, 0.3) is 21.3 Å². The van der Waals surface area contributed by atoms with Gasteiger partial charge in [0, 0.05) is 32.1 Å². The largest absolute Gasteiger partial charge is 0.385 e. The van der Waals surface area contributed by atoms with Crippen molar-refractivity contribution >= 4 is 32.6 Å². The zero-order chi connectivity index (χ0) is 16.7. The van der Waals surface area contributed by atoms with E-state index in [9.17, 15) is 5.11 Å². The minimum absolute atomic E-state index is 0.310. The summed E-state index contributed by atoms with van der Waals surface area (Å²) in [7, 11) is 0. The van der Waals surface area contributed by atoms with Crippen molar-refractivity contribution in [2.24, 2.45) is 0 Å². The fourth-order valence-corrected chi connectivity index (χ4v) is 4.50. The first-order valence-electron chi connectivity index (χ1n) is 8.27. The Labute approximate surface area is 144 Å². The number of terminal acetylenes is 1. The number of likely N-dealkylation sites (tertiary alicyclic amines) is 1. The molecule has 1 aliphatic rings. The second-order valence-corrected chi connectivity index (χ2v) is 7.26. The van der Waals surface area contributed by atoms with Gasteiger partial charge < -0.3 is 14.6 Å². The van der Waals surface area contributed by atoms with Gasteiger partial charge in [-0.3, -0.25) is 4.98 Å². The first kappa shape index (κ1) is 15.6. The van der Waals surface area contributed by atoms with E-state index in [2.05, 4.69) is 30.7 Å². The molecule has 3 aromatic rings. The number of thiophene rings is 1. The van der Waals surface area contributed by atoms with Crippen LogP contribution in [0.1, 0.15) is 37.7 Å². The van der Waals surface area contributed by atoms with E-state index in [1.54, 1.807) is 18.3 Å². The third-order valence-electron chi connectivity index (χ3n) is 4.71. The Morgan fingerprint density at radius 2 is 2.38 bits per heavy atom. The number of hydrogen-bond acceptors (Lipinski definition) is 5. The summed E-state index contributed by atoms with van der Waals surface area (Å²) < 4.78 is 3.39. The van der Waals surface area contributed by atoms with Crippen LogP contribution in [0.15, 0.2) is 17.6 Å². The van der Waals surface area contributed by atoms with Gasteiger partial charge >= 0.3 is 0 Å². The first-order chi connectivity index (χ1) is 11.7. The summed E-state index contributed by atoms with van der Waals surface area (Å²) in [6, 6.07) is 2.34. The van der Waals surface area contributed by atoms with Gasteiger partial charge in [0.1, 0.15) is 17.4 Å². The molecule has 4 heterocycles. The number of nitrogens with zero attached hydrogens (tertiary/aromatic N) is 4. The third kappa shape index (κ3) is 2.49. The average Bonchev–Trinajstić information content (AvgIpc) is 3.28. The van der Waals surface area contributed by atoms with Crippen molar-refractivity contribution in [2.75, 3.05) is 19.6 Å². The molecule has 0 amide bonds. The Kier molecular flexibility index (Phi) is 4.01. The van der Waals surface area contributed by atoms with Crippen molar-refractivity contribution in [3.8, 4) is 12.3 Å². The number of aliphatic hydroxyl groups is 1. The predicted octanol–water partition coefficient (Wildman–Crippen LogP) is 2.97. The van der Waals surface area contributed by atoms with Gasteiger partial charge in [-0.05, 0) is 24.8 Å². The lowest BCUT2D eigenvalue weighted by atomic mass is 10.2. The molecule has 0 spiro atoms. The molecule has 0 unspecified atom stereocenters. The maximum Gasteiger partial charge on any atom is 0.138 e. The summed E-state index contributed by atoms with van der Waals surface area (Å²) in [6.07, 6.45) is 8.43. The van der Waals surface area contributed by atoms with Gasteiger partial charge in [-0.2, -0.15) is 0 Å². The molecular formula is C18H20N4OS. The van der Waals surface area contributed by atoms with Crippen LogP contribution in [-0.4, -0.2) is 44.2 Å². The van der Waals surface area contributed by atoms with Gasteiger partial charge in [0.2, 0.25) is 0 Å². The van der Waals surface area contributed by atoms with E-state index >= 15 is 0 Å². The van der Waals surface area contributed by atoms with E-state index in [-0.39, 0.29) is 0 Å². The fraction of sp³-hybridized carbons (Fsp3) is 0.444. The Morgan fingerprint density at radius 3 is 3.17 bits per heavy atom. The Hall–Kier alpha value is -1.94. The molecule has 24 heavy (non-hydrogen) atoms. The standard InChI is InChI=1S/C18H20N4OS/c1-3-4-7-21-8-5-13(11-21)22-16-15(20-18(22)12(2)23)10-19-14-6-9-24-17(14)16/h1,6,9-10,12-13,23H,4-5,7-8,11H2,2H3/t12-,13+/m1/s1. The molecule has 3 aromatic heterocycles. The normalized spacial score (nSPS) is 20.0. The summed E-state index contributed by atoms with van der Waals surface area (Å²) in [5, 5.41) is 12.3. The molecule has 0 aliphatic carbocycles. The number of aromatic nitrogens is 3. The van der Waals surface area contributed by atoms with Crippen molar-refractivity contribution in [1.82, 2.24) is 19.4 Å². The van der Waals surface area contributed by atoms with Gasteiger partial charge in [-0.1, -0.05) is 0 Å². The second kappa shape index (κ2) is 6.17. The van der Waals surface area contributed by atoms with Gasteiger partial charge in [-0.15, -0.1) is 23.7 Å². The summed E-state index contributed by atoms with van der Waals surface area (Å²) in [5.74, 6) is 3.45. The number of pyridine rings is 1. The van der Waals surface area contributed by atoms with Gasteiger partial charge in [0.25, 0.3) is 0 Å². The molecule has 0 aromatic carbocycles. The number of fused-ring (bicyclic) bond motifs is 3. The molecule has 0 radical (unpaired) electrons. The average molecular weight is 340 g/mol. The second-order valence-electron chi connectivity index (χ2n) is 6.34. The van der Waals surface area contributed by atoms with Crippen molar-refractivity contribution in [3.05, 3.63) is 23.5 Å². The number of hydrogen-bond donors (Lipinski definition) is 1. The Morgan fingerprint density at radius 1 is 1.50 bits per heavy atom. The van der Waals surface area contributed by atoms with Crippen LogP contribution in [0, 0.1) is 12.3 Å². The lowest BCUT2D eigenvalue weighted by Gasteiger charge is -2.19. The lowest BCUT2D eigenvalue weighted by Crippen LogP contribution is -2.23. The summed E-state index contributed by atoms with van der Waals surface area (Å²) in [6.45, 7) is 4.69. The highest BCUT2D eigenvalue weighted by Gasteiger charge is 2.29. The highest BCUT2D eigenvalue weighted by molar-refractivity contribution is 7.18. The SMILES string of the molecule is C#CCCN1CC[C@H](n2c([C@@H](C)O)nc3cnc4ccsc4c32)C1. The van der Waals surface area contributed by atoms with E-state index in [1.165, 1.54) is 0 Å². The highest BCUT2D eigenvalue weighted by atomic mass is 32.1. The van der Waals surface area contributed by atoms with Crippen LogP contribution in [0.2, 0.25) is 0 Å². The van der Waals surface area contributed by atoms with Crippen molar-refractivity contribution < 1.29 is 5.11 Å². The van der Waals surface area contributed by atoms with Crippen molar-refractivity contribution in [2.45, 2.75) is 31.9 Å². The lowest BCUT2D eigenvalue weighted by molar-refractivity contribution is 0.181. The summed E-state index contributed by atoms with van der Waals surface area (Å²) in [4.78, 5) is 11.6. The van der Waals surface area contributed by atoms with Crippen LogP contribution >= 0.6 is 11.3 Å². The maximum absolute atomic E-state index is 10.3. The molecule has 1 N–H and O–H groups in total. The highest BCUT2D eigenvalue weighted by Crippen LogP contribution is 2.35. The van der Waals surface area contributed by atoms with Crippen LogP contribution < -0.4 is 0 Å². The number of rotatable bonds is 4. The van der Waals surface area contributed by atoms with Gasteiger partial charge in [-0.25, -0.2) is 4.98 Å². The van der Waals surface area contributed by atoms with Gasteiger partial charge in [0.05, 0.1) is 21.9 Å². The maximum atomic E-state index is 10.3. The smallest absolute Gasteiger partial charge is 0.138 e. The third-order valence-corrected chi connectivity index (χ3v) is 5.62. The molecule has 1 fully saturated rings. The van der Waals surface area contributed by atoms with E-state index in [0.29, 0.717) is 6.04 Å². The molecule has 2 atom stereocenters. The molecular weight excluding hydrogens is 320 g/mol. The van der Waals surface area contributed by atoms with E-state index in [0.717, 1.165) is 59.6 Å². The van der Waals surface area contributed by atoms with Crippen molar-refractivity contribution in [1.29, 1.82) is 0 Å².